The number of aryl methyl sites for hydroxylation is 1. The summed E-state index contributed by atoms with van der Waals surface area (Å²) in [7, 11) is -4.21. The second-order valence-electron chi connectivity index (χ2n) is 10.8. The fourth-order valence-corrected chi connectivity index (χ4v) is 7.12. The van der Waals surface area contributed by atoms with E-state index in [1.54, 1.807) is 12.1 Å². The highest BCUT2D eigenvalue weighted by Gasteiger charge is 2.41. The summed E-state index contributed by atoms with van der Waals surface area (Å²) in [5.74, 6) is -0.839. The number of likely N-dealkylation sites (tertiary alicyclic amines) is 1. The smallest absolute Gasteiger partial charge is 0.370 e. The van der Waals surface area contributed by atoms with Crippen molar-refractivity contribution >= 4 is 21.5 Å². The second-order valence-corrected chi connectivity index (χ2v) is 12.5. The normalized spacial score (nSPS) is 20.6. The molecule has 12 heteroatoms. The van der Waals surface area contributed by atoms with Crippen molar-refractivity contribution in [2.75, 3.05) is 35.8 Å². The molecule has 2 saturated heterocycles. The van der Waals surface area contributed by atoms with Gasteiger partial charge >= 0.3 is 6.18 Å². The molecule has 2 aliphatic rings. The molecule has 0 amide bonds. The molecule has 220 valence electrons. The topological polar surface area (TPSA) is 78.4 Å². The van der Waals surface area contributed by atoms with Crippen LogP contribution in [0.1, 0.15) is 49.7 Å². The van der Waals surface area contributed by atoms with E-state index < -0.39 is 32.5 Å². The Kier molecular flexibility index (Phi) is 8.51. The first-order valence-corrected chi connectivity index (χ1v) is 15.3. The van der Waals surface area contributed by atoms with Gasteiger partial charge in [0.15, 0.2) is 0 Å². The summed E-state index contributed by atoms with van der Waals surface area (Å²) in [5.41, 5.74) is 0.281. The maximum Gasteiger partial charge on any atom is 0.416 e. The number of benzene rings is 2. The fourth-order valence-electron chi connectivity index (χ4n) is 6.05. The predicted molar refractivity (Wildman–Crippen MR) is 149 cm³/mol. The molecule has 7 nitrogen and oxygen atoms in total. The van der Waals surface area contributed by atoms with Gasteiger partial charge in [-0.25, -0.2) is 22.8 Å². The van der Waals surface area contributed by atoms with Gasteiger partial charge in [0.05, 0.1) is 5.56 Å². The zero-order valence-electron chi connectivity index (χ0n) is 22.6. The number of rotatable bonds is 8. The number of hydrogen-bond acceptors (Lipinski definition) is 6. The molecule has 0 spiro atoms. The van der Waals surface area contributed by atoms with E-state index >= 15 is 4.39 Å². The zero-order valence-corrected chi connectivity index (χ0v) is 23.4. The molecule has 41 heavy (non-hydrogen) atoms. The minimum Gasteiger partial charge on any atom is -0.370 e. The van der Waals surface area contributed by atoms with Gasteiger partial charge < -0.3 is 4.90 Å². The Morgan fingerprint density at radius 2 is 1.78 bits per heavy atom. The molecule has 0 saturated carbocycles. The van der Waals surface area contributed by atoms with E-state index in [1.165, 1.54) is 42.9 Å². The van der Waals surface area contributed by atoms with Crippen LogP contribution in [0, 0.1) is 5.82 Å². The third kappa shape index (κ3) is 6.81. The van der Waals surface area contributed by atoms with Gasteiger partial charge in [0.1, 0.15) is 22.9 Å². The van der Waals surface area contributed by atoms with Gasteiger partial charge in [-0.3, -0.25) is 9.62 Å². The monoisotopic (exact) mass is 591 g/mol. The van der Waals surface area contributed by atoms with Gasteiger partial charge in [-0.1, -0.05) is 24.6 Å². The summed E-state index contributed by atoms with van der Waals surface area (Å²) in [6.07, 6.45) is 4.33. The molecule has 2 aliphatic heterocycles. The van der Waals surface area contributed by atoms with Gasteiger partial charge in [0.25, 0.3) is 10.0 Å². The van der Waals surface area contributed by atoms with Gasteiger partial charge in [0, 0.05) is 30.5 Å². The lowest BCUT2D eigenvalue weighted by Crippen LogP contribution is -2.60. The molecule has 1 N–H and O–H groups in total. The fraction of sp³-hybridized carbons (Fsp3) is 0.448. The van der Waals surface area contributed by atoms with Crippen molar-refractivity contribution in [3.8, 4) is 0 Å². The van der Waals surface area contributed by atoms with Gasteiger partial charge in [-0.2, -0.15) is 13.2 Å². The number of hydrogen-bond donors (Lipinski definition) is 1. The lowest BCUT2D eigenvalue weighted by molar-refractivity contribution is -0.137. The Bertz CT molecular complexity index is 1450. The van der Waals surface area contributed by atoms with E-state index in [4.69, 9.17) is 0 Å². The number of aromatic nitrogens is 2. The molecular formula is C29H33F4N5O2S. The Labute approximate surface area is 237 Å². The molecule has 1 aromatic heterocycles. The van der Waals surface area contributed by atoms with Crippen LogP contribution in [0.3, 0.4) is 0 Å². The van der Waals surface area contributed by atoms with Crippen molar-refractivity contribution in [2.24, 2.45) is 0 Å². The van der Waals surface area contributed by atoms with Crippen LogP contribution in [0.25, 0.3) is 0 Å². The van der Waals surface area contributed by atoms with Crippen LogP contribution in [0.2, 0.25) is 0 Å². The van der Waals surface area contributed by atoms with Crippen molar-refractivity contribution in [3.63, 3.8) is 0 Å². The minimum absolute atomic E-state index is 0.0339. The molecule has 0 bridgehead atoms. The van der Waals surface area contributed by atoms with Crippen LogP contribution in [-0.4, -0.2) is 55.0 Å². The standard InChI is InChI=1S/C29H33F4N5O2S/c30-25-19-24(8-9-26(25)41(39,40)36-27-11-14-34-21-35-27)37-15-5-12-28(20-37,38-16-2-1-3-17-38)13-10-22-6-4-7-23(18-22)29(31,32)33/h4,6-9,11,14,18-19,21H,1-3,5,10,12-13,15-17,20H2,(H,34,35,36)/t28-/m0/s1. The molecule has 0 radical (unpaired) electrons. The van der Waals surface area contributed by atoms with Crippen molar-refractivity contribution in [1.29, 1.82) is 0 Å². The average molecular weight is 592 g/mol. The number of nitrogens with one attached hydrogen (secondary N) is 1. The lowest BCUT2D eigenvalue weighted by atomic mass is 9.80. The first kappa shape index (κ1) is 29.2. The van der Waals surface area contributed by atoms with Gasteiger partial charge in [-0.15, -0.1) is 0 Å². The number of nitrogens with zero attached hydrogens (tertiary/aromatic N) is 4. The maximum atomic E-state index is 15.3. The number of alkyl halides is 3. The summed E-state index contributed by atoms with van der Waals surface area (Å²) >= 11 is 0. The lowest BCUT2D eigenvalue weighted by Gasteiger charge is -2.52. The molecule has 2 aromatic carbocycles. The van der Waals surface area contributed by atoms with Crippen LogP contribution in [-0.2, 0) is 22.6 Å². The van der Waals surface area contributed by atoms with E-state index in [0.717, 1.165) is 51.3 Å². The molecule has 3 heterocycles. The third-order valence-electron chi connectivity index (χ3n) is 8.11. The highest BCUT2D eigenvalue weighted by atomic mass is 32.2. The highest BCUT2D eigenvalue weighted by Crippen LogP contribution is 2.37. The minimum atomic E-state index is -4.39. The quantitative estimate of drug-likeness (QED) is 0.329. The first-order valence-electron chi connectivity index (χ1n) is 13.8. The number of sulfonamides is 1. The summed E-state index contributed by atoms with van der Waals surface area (Å²) in [4.78, 5) is 11.6. The highest BCUT2D eigenvalue weighted by molar-refractivity contribution is 7.92. The van der Waals surface area contributed by atoms with E-state index in [2.05, 4.69) is 24.5 Å². The van der Waals surface area contributed by atoms with Crippen LogP contribution in [0.5, 0.6) is 0 Å². The van der Waals surface area contributed by atoms with Crippen molar-refractivity contribution in [2.45, 2.75) is 61.6 Å². The average Bonchev–Trinajstić information content (AvgIpc) is 2.96. The van der Waals surface area contributed by atoms with E-state index in [9.17, 15) is 21.6 Å². The van der Waals surface area contributed by atoms with Crippen LogP contribution in [0.15, 0.2) is 66.0 Å². The Morgan fingerprint density at radius 3 is 2.49 bits per heavy atom. The van der Waals surface area contributed by atoms with E-state index in [-0.39, 0.29) is 11.4 Å². The molecule has 2 fully saturated rings. The number of anilines is 2. The number of piperidine rings is 2. The zero-order chi connectivity index (χ0) is 29.1. The van der Waals surface area contributed by atoms with Crippen LogP contribution >= 0.6 is 0 Å². The van der Waals surface area contributed by atoms with Crippen molar-refractivity contribution in [1.82, 2.24) is 14.9 Å². The molecule has 5 rings (SSSR count). The molecule has 0 aliphatic carbocycles. The summed E-state index contributed by atoms with van der Waals surface area (Å²) in [5, 5.41) is 0. The second kappa shape index (κ2) is 11.9. The molecular weight excluding hydrogens is 558 g/mol. The molecule has 3 aromatic rings. The van der Waals surface area contributed by atoms with E-state index in [0.29, 0.717) is 37.2 Å². The number of halogens is 4. The molecule has 1 atom stereocenters. The predicted octanol–water partition coefficient (Wildman–Crippen LogP) is 5.89. The van der Waals surface area contributed by atoms with Crippen LogP contribution in [0.4, 0.5) is 29.1 Å². The largest absolute Gasteiger partial charge is 0.416 e. The first-order chi connectivity index (χ1) is 19.6. The molecule has 0 unspecified atom stereocenters. The third-order valence-corrected chi connectivity index (χ3v) is 9.49. The van der Waals surface area contributed by atoms with Gasteiger partial charge in [0.2, 0.25) is 0 Å². The Morgan fingerprint density at radius 1 is 0.976 bits per heavy atom. The Hall–Kier alpha value is -3.25. The summed E-state index contributed by atoms with van der Waals surface area (Å²) in [6.45, 7) is 3.08. The summed E-state index contributed by atoms with van der Waals surface area (Å²) < 4.78 is 83.1. The van der Waals surface area contributed by atoms with Crippen molar-refractivity contribution in [3.05, 3.63) is 78.0 Å². The summed E-state index contributed by atoms with van der Waals surface area (Å²) in [6, 6.07) is 11.0. The van der Waals surface area contributed by atoms with Crippen molar-refractivity contribution < 1.29 is 26.0 Å². The van der Waals surface area contributed by atoms with E-state index in [1.807, 2.05) is 0 Å². The maximum absolute atomic E-state index is 15.3. The SMILES string of the molecule is O=S(=O)(Nc1ccncn1)c1ccc(N2CCC[C@@](CCc3cccc(C(F)(F)F)c3)(N3CCCCC3)C2)cc1F. The van der Waals surface area contributed by atoms with Crippen LogP contribution < -0.4 is 9.62 Å². The van der Waals surface area contributed by atoms with Gasteiger partial charge in [-0.05, 0) is 87.5 Å². The Balaban J connectivity index is 1.37.